The Hall–Kier alpha value is -2.45. The van der Waals surface area contributed by atoms with Crippen LogP contribution in [0.4, 0.5) is 0 Å². The van der Waals surface area contributed by atoms with E-state index in [0.717, 1.165) is 10.4 Å². The molecule has 0 aliphatic heterocycles. The highest BCUT2D eigenvalue weighted by Crippen LogP contribution is 2.27. The standard InChI is InChI=1S/C18H21N3O3S2/c1-12(19-17(22)11-14-5-4-8-26-14)20-21-18(25)10-13-6-7-15(23-2)16(9-13)24-3/h4-9H,10-11H2,1-3H3,(H,21,25)(H,19,20,22). The van der Waals surface area contributed by atoms with Gasteiger partial charge in [-0.2, -0.15) is 5.10 Å². The fourth-order valence-electron chi connectivity index (χ4n) is 2.21. The van der Waals surface area contributed by atoms with Crippen LogP contribution in [0.3, 0.4) is 0 Å². The van der Waals surface area contributed by atoms with Gasteiger partial charge in [0.05, 0.1) is 20.6 Å². The molecule has 138 valence electrons. The van der Waals surface area contributed by atoms with Gasteiger partial charge in [0.1, 0.15) is 10.8 Å². The molecular weight excluding hydrogens is 370 g/mol. The van der Waals surface area contributed by atoms with Gasteiger partial charge in [0.25, 0.3) is 0 Å². The zero-order valence-corrected chi connectivity index (χ0v) is 16.5. The van der Waals surface area contributed by atoms with Crippen LogP contribution in [0.2, 0.25) is 0 Å². The van der Waals surface area contributed by atoms with E-state index in [9.17, 15) is 4.79 Å². The van der Waals surface area contributed by atoms with Crippen LogP contribution in [0.15, 0.2) is 40.8 Å². The number of nitrogens with one attached hydrogen (secondary N) is 2. The predicted molar refractivity (Wildman–Crippen MR) is 108 cm³/mol. The fraction of sp³-hybridized carbons (Fsp3) is 0.278. The molecule has 0 fully saturated rings. The summed E-state index contributed by atoms with van der Waals surface area (Å²) in [7, 11) is 3.18. The summed E-state index contributed by atoms with van der Waals surface area (Å²) >= 11 is 6.85. The molecule has 8 heteroatoms. The third-order valence-corrected chi connectivity index (χ3v) is 4.51. The Morgan fingerprint density at radius 1 is 1.19 bits per heavy atom. The number of carbonyl (C=O) groups is 1. The summed E-state index contributed by atoms with van der Waals surface area (Å²) < 4.78 is 10.5. The van der Waals surface area contributed by atoms with Crippen LogP contribution in [0.5, 0.6) is 11.5 Å². The lowest BCUT2D eigenvalue weighted by molar-refractivity contribution is -0.119. The summed E-state index contributed by atoms with van der Waals surface area (Å²) in [5, 5.41) is 8.78. The average Bonchev–Trinajstić information content (AvgIpc) is 3.12. The van der Waals surface area contributed by atoms with Crippen molar-refractivity contribution in [2.24, 2.45) is 5.10 Å². The molecule has 1 aromatic heterocycles. The van der Waals surface area contributed by atoms with Gasteiger partial charge in [-0.15, -0.1) is 11.3 Å². The molecule has 1 aromatic carbocycles. The van der Waals surface area contributed by atoms with Crippen LogP contribution >= 0.6 is 23.6 Å². The lowest BCUT2D eigenvalue weighted by atomic mass is 10.1. The number of rotatable bonds is 7. The minimum atomic E-state index is -0.110. The summed E-state index contributed by atoms with van der Waals surface area (Å²) in [5.41, 5.74) is 3.76. The maximum Gasteiger partial charge on any atom is 0.230 e. The number of carbonyl (C=O) groups excluding carboxylic acids is 1. The lowest BCUT2D eigenvalue weighted by Gasteiger charge is -2.10. The van der Waals surface area contributed by atoms with E-state index in [0.29, 0.717) is 35.2 Å². The molecule has 0 aliphatic rings. The fourth-order valence-corrected chi connectivity index (χ4v) is 3.12. The smallest absolute Gasteiger partial charge is 0.230 e. The predicted octanol–water partition coefficient (Wildman–Crippen LogP) is 2.92. The second-order valence-electron chi connectivity index (χ2n) is 5.40. The van der Waals surface area contributed by atoms with Crippen LogP contribution in [0.1, 0.15) is 17.4 Å². The number of thiophene rings is 1. The van der Waals surface area contributed by atoms with E-state index in [1.807, 2.05) is 35.7 Å². The number of nitrogens with zero attached hydrogens (tertiary/aromatic N) is 1. The van der Waals surface area contributed by atoms with Gasteiger partial charge in [0.2, 0.25) is 5.91 Å². The molecule has 26 heavy (non-hydrogen) atoms. The zero-order valence-electron chi connectivity index (χ0n) is 14.9. The number of amides is 1. The monoisotopic (exact) mass is 391 g/mol. The van der Waals surface area contributed by atoms with Crippen LogP contribution < -0.4 is 20.2 Å². The Morgan fingerprint density at radius 3 is 2.62 bits per heavy atom. The molecule has 0 saturated carbocycles. The van der Waals surface area contributed by atoms with E-state index >= 15 is 0 Å². The number of ether oxygens (including phenoxy) is 2. The van der Waals surface area contributed by atoms with Gasteiger partial charge < -0.3 is 14.8 Å². The summed E-state index contributed by atoms with van der Waals surface area (Å²) in [5.74, 6) is 1.66. The van der Waals surface area contributed by atoms with Crippen molar-refractivity contribution in [2.75, 3.05) is 14.2 Å². The quantitative estimate of drug-likeness (QED) is 0.329. The van der Waals surface area contributed by atoms with Gasteiger partial charge in [-0.1, -0.05) is 24.4 Å². The molecule has 0 bridgehead atoms. The van der Waals surface area contributed by atoms with E-state index in [4.69, 9.17) is 21.7 Å². The topological polar surface area (TPSA) is 72.0 Å². The first-order chi connectivity index (χ1) is 12.5. The number of hydrogen-bond donors (Lipinski definition) is 2. The van der Waals surface area contributed by atoms with E-state index < -0.39 is 0 Å². The summed E-state index contributed by atoms with van der Waals surface area (Å²) in [6.07, 6.45) is 0.830. The summed E-state index contributed by atoms with van der Waals surface area (Å²) in [4.78, 5) is 13.5. The van der Waals surface area contributed by atoms with Crippen molar-refractivity contribution in [3.8, 4) is 11.5 Å². The molecule has 2 N–H and O–H groups in total. The second kappa shape index (κ2) is 9.88. The molecule has 0 saturated heterocycles. The highest BCUT2D eigenvalue weighted by Gasteiger charge is 2.07. The molecule has 0 radical (unpaired) electrons. The Balaban J connectivity index is 1.85. The highest BCUT2D eigenvalue weighted by atomic mass is 32.1. The summed E-state index contributed by atoms with van der Waals surface area (Å²) in [6, 6.07) is 9.45. The zero-order chi connectivity index (χ0) is 18.9. The molecular formula is C18H21N3O3S2. The molecule has 0 unspecified atom stereocenters. The first-order valence-electron chi connectivity index (χ1n) is 7.88. The SMILES string of the molecule is COc1ccc(CC(=S)N/N=C(\C)NC(=O)Cc2cccs2)cc1OC. The Bertz CT molecular complexity index is 789. The Labute approximate surface area is 162 Å². The number of amidine groups is 1. The number of hydrogen-bond acceptors (Lipinski definition) is 6. The molecule has 0 spiro atoms. The first-order valence-corrected chi connectivity index (χ1v) is 9.17. The molecule has 1 heterocycles. The number of hydrazone groups is 1. The van der Waals surface area contributed by atoms with Crippen molar-refractivity contribution >= 4 is 40.3 Å². The number of methoxy groups -OCH3 is 2. The normalized spacial score (nSPS) is 11.0. The largest absolute Gasteiger partial charge is 0.493 e. The van der Waals surface area contributed by atoms with E-state index in [1.165, 1.54) is 0 Å². The van der Waals surface area contributed by atoms with Gasteiger partial charge in [-0.05, 0) is 36.1 Å². The third-order valence-electron chi connectivity index (χ3n) is 3.40. The maximum absolute atomic E-state index is 11.9. The molecule has 2 aromatic rings. The van der Waals surface area contributed by atoms with Gasteiger partial charge in [0, 0.05) is 11.3 Å². The number of benzene rings is 1. The van der Waals surface area contributed by atoms with Gasteiger partial charge >= 0.3 is 0 Å². The molecule has 0 aliphatic carbocycles. The Kier molecular flexibility index (Phi) is 7.55. The van der Waals surface area contributed by atoms with Crippen molar-refractivity contribution < 1.29 is 14.3 Å². The van der Waals surface area contributed by atoms with E-state index in [2.05, 4.69) is 15.8 Å². The third kappa shape index (κ3) is 6.12. The van der Waals surface area contributed by atoms with E-state index in [1.54, 1.807) is 32.5 Å². The number of thiocarbonyl (C=S) groups is 1. The highest BCUT2D eigenvalue weighted by molar-refractivity contribution is 7.80. The van der Waals surface area contributed by atoms with Crippen LogP contribution in [-0.4, -0.2) is 31.0 Å². The summed E-state index contributed by atoms with van der Waals surface area (Å²) in [6.45, 7) is 1.71. The average molecular weight is 392 g/mol. The van der Waals surface area contributed by atoms with Gasteiger partial charge in [-0.3, -0.25) is 10.2 Å². The minimum Gasteiger partial charge on any atom is -0.493 e. The van der Waals surface area contributed by atoms with Crippen molar-refractivity contribution in [1.29, 1.82) is 0 Å². The Morgan fingerprint density at radius 2 is 1.96 bits per heavy atom. The van der Waals surface area contributed by atoms with Crippen LogP contribution in [0, 0.1) is 0 Å². The van der Waals surface area contributed by atoms with Crippen molar-refractivity contribution in [3.63, 3.8) is 0 Å². The van der Waals surface area contributed by atoms with Crippen molar-refractivity contribution in [1.82, 2.24) is 10.7 Å². The minimum absolute atomic E-state index is 0.110. The second-order valence-corrected chi connectivity index (χ2v) is 6.93. The molecule has 0 atom stereocenters. The van der Waals surface area contributed by atoms with Crippen molar-refractivity contribution in [3.05, 3.63) is 46.2 Å². The molecule has 6 nitrogen and oxygen atoms in total. The maximum atomic E-state index is 11.9. The molecule has 1 amide bonds. The van der Waals surface area contributed by atoms with Crippen molar-refractivity contribution in [2.45, 2.75) is 19.8 Å². The lowest BCUT2D eigenvalue weighted by Crippen LogP contribution is -2.32. The van der Waals surface area contributed by atoms with E-state index in [-0.39, 0.29) is 5.91 Å². The van der Waals surface area contributed by atoms with Crippen LogP contribution in [-0.2, 0) is 17.6 Å². The van der Waals surface area contributed by atoms with Crippen LogP contribution in [0.25, 0.3) is 0 Å². The van der Waals surface area contributed by atoms with Gasteiger partial charge in [0.15, 0.2) is 11.5 Å². The first kappa shape index (κ1) is 19.9. The van der Waals surface area contributed by atoms with Gasteiger partial charge in [-0.25, -0.2) is 0 Å². The molecule has 2 rings (SSSR count).